The highest BCUT2D eigenvalue weighted by molar-refractivity contribution is 9.10. The number of hydrogen-bond donors (Lipinski definition) is 4. The van der Waals surface area contributed by atoms with Crippen molar-refractivity contribution in [1.82, 2.24) is 30.3 Å². The summed E-state index contributed by atoms with van der Waals surface area (Å²) < 4.78 is 162. The third-order valence-corrected chi connectivity index (χ3v) is 26.8. The van der Waals surface area contributed by atoms with Gasteiger partial charge >= 0.3 is 7.12 Å². The summed E-state index contributed by atoms with van der Waals surface area (Å²) in [7, 11) is -0.219. The minimum absolute atomic E-state index is 0.0541. The minimum Gasteiger partial charge on any atom is -0.400 e. The lowest BCUT2D eigenvalue weighted by Crippen LogP contribution is -2.41. The average Bonchev–Trinajstić information content (AvgIpc) is 1.61. The first-order valence-corrected chi connectivity index (χ1v) is 47.4. The van der Waals surface area contributed by atoms with Crippen molar-refractivity contribution in [2.75, 3.05) is 115 Å². The fraction of sp³-hybridized carbons (Fsp3) is 0.500. The number of nitrogen functional groups attached to an aromatic ring is 2. The van der Waals surface area contributed by atoms with Crippen molar-refractivity contribution in [3.05, 3.63) is 259 Å². The van der Waals surface area contributed by atoms with Crippen LogP contribution in [0.15, 0.2) is 180 Å². The number of nitrogens with two attached hydrogens (primary N) is 2. The first-order chi connectivity index (χ1) is 64.8. The summed E-state index contributed by atoms with van der Waals surface area (Å²) in [5, 5.41) is 15.1. The molecule has 2 aliphatic carbocycles. The lowest BCUT2D eigenvalue weighted by Gasteiger charge is -2.32. The number of halogens is 8. The predicted molar refractivity (Wildman–Crippen MR) is 499 cm³/mol. The number of aromatic nitrogens is 4. The highest BCUT2D eigenvalue weighted by atomic mass is 79.9. The number of ether oxygens (including phenoxy) is 12. The van der Waals surface area contributed by atoms with Crippen molar-refractivity contribution in [2.45, 2.75) is 221 Å². The molecule has 26 nitrogen and oxygen atoms in total. The number of hydrogen-bond acceptors (Lipinski definition) is 26. The van der Waals surface area contributed by atoms with Gasteiger partial charge in [-0.05, 0) is 155 Å². The molecule has 10 fully saturated rings. The van der Waals surface area contributed by atoms with E-state index in [9.17, 15) is 41.1 Å². The van der Waals surface area contributed by atoms with Crippen LogP contribution in [0.1, 0.15) is 205 Å². The molecule has 0 radical (unpaired) electrons. The summed E-state index contributed by atoms with van der Waals surface area (Å²) in [6, 6.07) is 42.8. The fourth-order valence-electron chi connectivity index (χ4n) is 18.1. The predicted octanol–water partition coefficient (Wildman–Crippen LogP) is 19.2. The zero-order valence-electron chi connectivity index (χ0n) is 77.2. The van der Waals surface area contributed by atoms with Gasteiger partial charge in [-0.2, -0.15) is 10.0 Å². The fourth-order valence-corrected chi connectivity index (χ4v) is 18.7. The first kappa shape index (κ1) is 104. The summed E-state index contributed by atoms with van der Waals surface area (Å²) in [6.07, 6.45) is 16.8. The lowest BCUT2D eigenvalue weighted by atomic mass is 9.71. The number of ketones is 1. The number of anilines is 3. The molecule has 0 saturated carbocycles. The highest BCUT2D eigenvalue weighted by Gasteiger charge is 2.54. The molecule has 135 heavy (non-hydrogen) atoms. The van der Waals surface area contributed by atoms with E-state index in [-0.39, 0.29) is 114 Å². The Balaban J connectivity index is 0.000000133. The molecule has 10 saturated heterocycles. The molecular formula is C100H122BBrClF6N9O17. The maximum Gasteiger partial charge on any atom is 0.490 e. The van der Waals surface area contributed by atoms with Crippen LogP contribution in [0.4, 0.5) is 44.1 Å². The number of rotatable bonds is 12. The molecule has 3 atom stereocenters. The molecule has 10 aliphatic heterocycles. The van der Waals surface area contributed by atoms with Crippen LogP contribution in [-0.4, -0.2) is 194 Å². The zero-order valence-corrected chi connectivity index (χ0v) is 79.6. The Bertz CT molecular complexity index is 5170. The highest BCUT2D eigenvalue weighted by Crippen LogP contribution is 2.47. The molecule has 8 aromatic rings. The van der Waals surface area contributed by atoms with Crippen LogP contribution in [0.2, 0.25) is 5.15 Å². The van der Waals surface area contributed by atoms with E-state index in [1.165, 1.54) is 59.1 Å². The third kappa shape index (κ3) is 28.0. The minimum atomic E-state index is -1.01. The Morgan fingerprint density at radius 2 is 0.948 bits per heavy atom. The summed E-state index contributed by atoms with van der Waals surface area (Å²) in [5.74, 6) is -4.09. The Kier molecular flexibility index (Phi) is 36.8. The van der Waals surface area contributed by atoms with Gasteiger partial charge in [0, 0.05) is 142 Å². The Morgan fingerprint density at radius 3 is 1.43 bits per heavy atom. The van der Waals surface area contributed by atoms with Crippen LogP contribution in [0.3, 0.4) is 0 Å². The van der Waals surface area contributed by atoms with E-state index in [2.05, 4.69) is 79.9 Å². The molecule has 6 aromatic carbocycles. The third-order valence-electron chi connectivity index (χ3n) is 26.0. The average molecular weight is 1960 g/mol. The molecule has 20 rings (SSSR count). The van der Waals surface area contributed by atoms with Gasteiger partial charge in [-0.3, -0.25) is 4.79 Å². The van der Waals surface area contributed by atoms with Gasteiger partial charge in [-0.15, -0.1) is 0 Å². The standard InChI is InChI=1S/C19H23FN4O2.C14H23BO4.C14H18FNO3.C14H18FNO2.C14H15FO4.C14H15FO2.C6H4BrF.C5H6ClN3/c1-13-12-17(23-18(21)22-13)24-9-8-19(25-10-11-26-19)7-6-16(24)14-4-2-3-5-15(14)20;1-12(2)13(3,4)19-15(18-12)11-5-7-14(8-6-11)16-9-10-17-14;15-12-4-2-1-3-11(12)13-5-6-14(7-8-16(13)17)18-9-10-19-14;15-12-4-2-1-3-11(12)13-5-6-14(7-8-16-13)17-9-10-18-14;15-12-4-2-1-3-11(12)13(17)5-6-14(7-8-16)18-9-10-19-14;15-13-4-2-1-3-12(13)11-5-7-14(8-6-11)16-9-10-17-14;7-5-3-1-2-4-6(5)8;1-3-2-4(6)9-5(7)8-3/h2-5,12,16H,6-11H2,1H3,(H2,21,22,23);5H,6-10H2,1-4H3;1-4,13,17H,5-10H2;1-4,13,16H,5-10H2;1-4,8H,5-7,9-10H2;1-5H,6-10H2;1-4H;2H,1H3,(H2,7,8,9). The molecule has 2 aromatic heterocycles. The Morgan fingerprint density at radius 1 is 0.504 bits per heavy atom. The van der Waals surface area contributed by atoms with Crippen LogP contribution >= 0.6 is 27.5 Å². The van der Waals surface area contributed by atoms with Gasteiger partial charge < -0.3 is 97.8 Å². The van der Waals surface area contributed by atoms with Gasteiger partial charge in [0.15, 0.2) is 40.5 Å². The summed E-state index contributed by atoms with van der Waals surface area (Å²) in [4.78, 5) is 40.7. The number of carbonyl (C=O) groups excluding carboxylic acids is 2. The number of Topliss-reactive ketones (excluding diaryl/α,β-unsaturated/α-hetero) is 1. The topological polar surface area (TPSA) is 306 Å². The second-order valence-corrected chi connectivity index (χ2v) is 36.8. The molecule has 12 heterocycles. The van der Waals surface area contributed by atoms with Crippen LogP contribution in [0.25, 0.3) is 5.57 Å². The van der Waals surface area contributed by atoms with Crippen LogP contribution in [0.5, 0.6) is 0 Å². The number of nitrogens with one attached hydrogen (secondary N) is 1. The summed E-state index contributed by atoms with van der Waals surface area (Å²) in [5.41, 5.74) is 17.1. The zero-order chi connectivity index (χ0) is 95.9. The van der Waals surface area contributed by atoms with E-state index in [1.54, 1.807) is 66.7 Å². The smallest absolute Gasteiger partial charge is 0.400 e. The number of hydroxylamine groups is 2. The molecule has 0 bridgehead atoms. The Labute approximate surface area is 798 Å². The van der Waals surface area contributed by atoms with Crippen molar-refractivity contribution in [3.8, 4) is 0 Å². The first-order valence-electron chi connectivity index (χ1n) is 46.2. The molecular weight excluding hydrogens is 1840 g/mol. The van der Waals surface area contributed by atoms with E-state index < -0.39 is 34.8 Å². The van der Waals surface area contributed by atoms with Crippen molar-refractivity contribution in [3.63, 3.8) is 0 Å². The van der Waals surface area contributed by atoms with Crippen molar-refractivity contribution in [1.29, 1.82) is 0 Å². The second kappa shape index (κ2) is 47.9. The molecule has 3 unspecified atom stereocenters. The summed E-state index contributed by atoms with van der Waals surface area (Å²) >= 11 is 8.54. The molecule has 12 aliphatic rings. The quantitative estimate of drug-likeness (QED) is 0.0290. The van der Waals surface area contributed by atoms with Crippen LogP contribution in [0, 0.1) is 48.8 Å². The maximum atomic E-state index is 14.6. The van der Waals surface area contributed by atoms with Gasteiger partial charge in [-0.25, -0.2) is 41.3 Å². The normalized spacial score (nSPS) is 22.8. The van der Waals surface area contributed by atoms with Crippen molar-refractivity contribution in [2.24, 2.45) is 0 Å². The van der Waals surface area contributed by atoms with Crippen molar-refractivity contribution < 1.29 is 107 Å². The van der Waals surface area contributed by atoms with Gasteiger partial charge in [0.05, 0.1) is 119 Å². The van der Waals surface area contributed by atoms with Gasteiger partial charge in [-0.1, -0.05) is 121 Å². The lowest BCUT2D eigenvalue weighted by molar-refractivity contribution is -0.172. The van der Waals surface area contributed by atoms with E-state index in [0.29, 0.717) is 169 Å². The second-order valence-electron chi connectivity index (χ2n) is 35.6. The van der Waals surface area contributed by atoms with E-state index in [4.69, 9.17) is 89.2 Å². The van der Waals surface area contributed by atoms with E-state index >= 15 is 0 Å². The van der Waals surface area contributed by atoms with Crippen LogP contribution in [-0.2, 0) is 70.9 Å². The number of nitrogens with zero attached hydrogens (tertiary/aromatic N) is 6. The number of benzene rings is 6. The number of aryl methyl sites for hydroxylation is 2. The molecule has 35 heteroatoms. The number of carbonyl (C=O) groups is 2. The molecule has 6 N–H and O–H groups in total. The van der Waals surface area contributed by atoms with Gasteiger partial charge in [0.1, 0.15) is 52.2 Å². The van der Waals surface area contributed by atoms with E-state index in [1.807, 2.05) is 62.4 Å². The number of aldehydes is 1. The maximum absolute atomic E-state index is 14.6. The van der Waals surface area contributed by atoms with Crippen molar-refractivity contribution >= 4 is 70.0 Å². The van der Waals surface area contributed by atoms with Crippen LogP contribution < -0.4 is 21.7 Å². The molecule has 0 amide bonds. The molecule has 728 valence electrons. The monoisotopic (exact) mass is 1960 g/mol. The van der Waals surface area contributed by atoms with Gasteiger partial charge in [0.25, 0.3) is 0 Å². The van der Waals surface area contributed by atoms with E-state index in [0.717, 1.165) is 86.9 Å². The number of allylic oxidation sites excluding steroid dienone is 2. The molecule has 5 spiro atoms. The van der Waals surface area contributed by atoms with Gasteiger partial charge in [0.2, 0.25) is 11.9 Å². The SMILES string of the molecule is CC1(C)OB(C2=CCC3(CC2)OCCO3)OC1(C)C.Cc1cc(Cl)nc(N)n1.Cc1cc(N2CCC3(CCC2c2ccccc2F)OCCO3)nc(N)n1.Fc1ccccc1Br.Fc1ccccc1C1=CCC2(CC1)OCCO2.Fc1ccccc1C1CCC2(CCN1)OCCO2.O=CCC1(CCC(=O)c2ccccc2F)OCCO1.ON1CCC2(CCC1c1ccccc1F)OCCO2. The summed E-state index contributed by atoms with van der Waals surface area (Å²) in [6.45, 7) is 21.2. The Hall–Kier alpha value is -8.57. The largest absolute Gasteiger partial charge is 0.490 e.